The molecule has 2 saturated heterocycles. The number of H-pyrrole nitrogens is 1. The number of amides is 1. The molecule has 7 heteroatoms. The largest absolute Gasteiger partial charge is 0.361 e. The van der Waals surface area contributed by atoms with Gasteiger partial charge >= 0.3 is 0 Å². The van der Waals surface area contributed by atoms with Gasteiger partial charge in [-0.15, -0.1) is 0 Å². The molecule has 2 fully saturated rings. The molecule has 0 unspecified atom stereocenters. The summed E-state index contributed by atoms with van der Waals surface area (Å²) in [7, 11) is 0. The van der Waals surface area contributed by atoms with Gasteiger partial charge in [0.1, 0.15) is 0 Å². The first kappa shape index (κ1) is 21.7. The summed E-state index contributed by atoms with van der Waals surface area (Å²) in [5.41, 5.74) is 2.57. The van der Waals surface area contributed by atoms with Crippen molar-refractivity contribution in [2.24, 2.45) is 4.99 Å². The molecule has 2 N–H and O–H groups in total. The summed E-state index contributed by atoms with van der Waals surface area (Å²) in [6, 6.07) is 8.47. The molecule has 2 aliphatic heterocycles. The van der Waals surface area contributed by atoms with Crippen molar-refractivity contribution >= 4 is 22.8 Å². The maximum absolute atomic E-state index is 12.4. The Morgan fingerprint density at radius 1 is 1.06 bits per heavy atom. The summed E-state index contributed by atoms with van der Waals surface area (Å²) in [6.07, 6.45) is 6.49. The van der Waals surface area contributed by atoms with E-state index in [-0.39, 0.29) is 0 Å². The molecule has 0 bridgehead atoms. The second-order valence-corrected chi connectivity index (χ2v) is 8.55. The van der Waals surface area contributed by atoms with Crippen LogP contribution >= 0.6 is 0 Å². The highest BCUT2D eigenvalue weighted by Gasteiger charge is 2.24. The molecule has 2 aliphatic rings. The van der Waals surface area contributed by atoms with Crippen LogP contribution in [0.15, 0.2) is 35.5 Å². The molecule has 1 aromatic heterocycles. The number of benzene rings is 1. The van der Waals surface area contributed by atoms with Crippen LogP contribution in [0.4, 0.5) is 0 Å². The third kappa shape index (κ3) is 5.58. The van der Waals surface area contributed by atoms with Crippen LogP contribution in [0, 0.1) is 0 Å². The zero-order chi connectivity index (χ0) is 21.5. The first-order chi connectivity index (χ1) is 15.2. The van der Waals surface area contributed by atoms with E-state index in [9.17, 15) is 4.79 Å². The quantitative estimate of drug-likeness (QED) is 0.407. The van der Waals surface area contributed by atoms with Crippen molar-refractivity contribution in [3.63, 3.8) is 0 Å². The van der Waals surface area contributed by atoms with Crippen LogP contribution in [0.3, 0.4) is 0 Å². The van der Waals surface area contributed by atoms with E-state index in [2.05, 4.69) is 57.5 Å². The summed E-state index contributed by atoms with van der Waals surface area (Å²) >= 11 is 0. The monoisotopic (exact) mass is 424 g/mol. The van der Waals surface area contributed by atoms with E-state index in [0.717, 1.165) is 84.0 Å². The molecule has 0 saturated carbocycles. The van der Waals surface area contributed by atoms with Crippen LogP contribution in [0.1, 0.15) is 31.7 Å². The smallest absolute Gasteiger partial charge is 0.236 e. The van der Waals surface area contributed by atoms with Gasteiger partial charge < -0.3 is 20.1 Å². The summed E-state index contributed by atoms with van der Waals surface area (Å²) < 4.78 is 0. The number of likely N-dealkylation sites (tertiary alicyclic amines) is 1. The van der Waals surface area contributed by atoms with Gasteiger partial charge in [-0.25, -0.2) is 0 Å². The lowest BCUT2D eigenvalue weighted by Crippen LogP contribution is -2.54. The Hall–Kier alpha value is -2.54. The lowest BCUT2D eigenvalue weighted by Gasteiger charge is -2.36. The molecule has 0 aliphatic carbocycles. The zero-order valence-electron chi connectivity index (χ0n) is 18.8. The molecule has 4 rings (SSSR count). The van der Waals surface area contributed by atoms with Gasteiger partial charge in [-0.2, -0.15) is 0 Å². The highest BCUT2D eigenvalue weighted by molar-refractivity contribution is 5.83. The van der Waals surface area contributed by atoms with E-state index >= 15 is 0 Å². The molecule has 1 amide bonds. The lowest BCUT2D eigenvalue weighted by molar-refractivity contribution is -0.131. The van der Waals surface area contributed by atoms with E-state index in [1.54, 1.807) is 0 Å². The molecule has 1 aromatic carbocycles. The molecule has 168 valence electrons. The highest BCUT2D eigenvalue weighted by Crippen LogP contribution is 2.19. The zero-order valence-corrected chi connectivity index (χ0v) is 18.8. The van der Waals surface area contributed by atoms with Gasteiger partial charge in [-0.05, 0) is 44.2 Å². The van der Waals surface area contributed by atoms with Crippen LogP contribution in [0.25, 0.3) is 10.9 Å². The number of hydrogen-bond acceptors (Lipinski definition) is 3. The number of aromatic amines is 1. The second kappa shape index (κ2) is 10.7. The van der Waals surface area contributed by atoms with E-state index in [0.29, 0.717) is 12.5 Å². The standard InChI is InChI=1S/C24H36N6O/c1-2-25-24(26-11-7-8-20-18-27-22-10-4-3-9-21(20)22)30-16-14-28(15-17-30)19-23(31)29-12-5-6-13-29/h3-4,9-10,18,27H,2,5-8,11-17,19H2,1H3,(H,25,26). The number of guanidine groups is 1. The topological polar surface area (TPSA) is 67.0 Å². The molecule has 31 heavy (non-hydrogen) atoms. The van der Waals surface area contributed by atoms with Crippen molar-refractivity contribution in [2.45, 2.75) is 32.6 Å². The summed E-state index contributed by atoms with van der Waals surface area (Å²) in [4.78, 5) is 27.3. The minimum atomic E-state index is 0.295. The molecular weight excluding hydrogens is 388 g/mol. The fourth-order valence-corrected chi connectivity index (χ4v) is 4.59. The average Bonchev–Trinajstić information content (AvgIpc) is 3.47. The molecule has 0 radical (unpaired) electrons. The van der Waals surface area contributed by atoms with Crippen LogP contribution in [0.2, 0.25) is 0 Å². The fourth-order valence-electron chi connectivity index (χ4n) is 4.59. The number of fused-ring (bicyclic) bond motifs is 1. The SMILES string of the molecule is CCNC(=NCCCc1c[nH]c2ccccc12)N1CCN(CC(=O)N2CCCC2)CC1. The van der Waals surface area contributed by atoms with Crippen molar-refractivity contribution in [1.29, 1.82) is 0 Å². The van der Waals surface area contributed by atoms with Crippen LogP contribution in [-0.4, -0.2) is 90.5 Å². The number of piperazine rings is 1. The van der Waals surface area contributed by atoms with Gasteiger partial charge in [0.15, 0.2) is 5.96 Å². The summed E-state index contributed by atoms with van der Waals surface area (Å²) in [6.45, 7) is 9.91. The number of hydrogen-bond donors (Lipinski definition) is 2. The third-order valence-corrected chi connectivity index (χ3v) is 6.37. The van der Waals surface area contributed by atoms with Gasteiger partial charge in [-0.1, -0.05) is 18.2 Å². The third-order valence-electron chi connectivity index (χ3n) is 6.37. The van der Waals surface area contributed by atoms with E-state index in [1.165, 1.54) is 16.5 Å². The maximum Gasteiger partial charge on any atom is 0.236 e. The highest BCUT2D eigenvalue weighted by atomic mass is 16.2. The Bertz CT molecular complexity index is 877. The first-order valence-corrected chi connectivity index (χ1v) is 11.8. The van der Waals surface area contributed by atoms with E-state index in [4.69, 9.17) is 4.99 Å². The average molecular weight is 425 g/mol. The van der Waals surface area contributed by atoms with Gasteiger partial charge in [0.05, 0.1) is 6.54 Å². The van der Waals surface area contributed by atoms with Gasteiger partial charge in [0.2, 0.25) is 5.91 Å². The number of nitrogens with zero attached hydrogens (tertiary/aromatic N) is 4. The van der Waals surface area contributed by atoms with Gasteiger partial charge in [0, 0.05) is 69.5 Å². The van der Waals surface area contributed by atoms with Crippen LogP contribution in [0.5, 0.6) is 0 Å². The number of aliphatic imine (C=N–C) groups is 1. The number of para-hydroxylation sites is 1. The predicted molar refractivity (Wildman–Crippen MR) is 126 cm³/mol. The Morgan fingerprint density at radius 2 is 1.84 bits per heavy atom. The van der Waals surface area contributed by atoms with Crippen molar-refractivity contribution in [3.05, 3.63) is 36.0 Å². The Labute approximate surface area is 185 Å². The minimum Gasteiger partial charge on any atom is -0.361 e. The van der Waals surface area contributed by atoms with Crippen molar-refractivity contribution < 1.29 is 4.79 Å². The Balaban J connectivity index is 1.24. The fraction of sp³-hybridized carbons (Fsp3) is 0.583. The van der Waals surface area contributed by atoms with Gasteiger partial charge in [-0.3, -0.25) is 14.7 Å². The minimum absolute atomic E-state index is 0.295. The lowest BCUT2D eigenvalue weighted by atomic mass is 10.1. The number of aromatic nitrogens is 1. The van der Waals surface area contributed by atoms with Gasteiger partial charge in [0.25, 0.3) is 0 Å². The van der Waals surface area contributed by atoms with Crippen molar-refractivity contribution in [1.82, 2.24) is 25.0 Å². The van der Waals surface area contributed by atoms with E-state index < -0.39 is 0 Å². The second-order valence-electron chi connectivity index (χ2n) is 8.55. The van der Waals surface area contributed by atoms with Crippen molar-refractivity contribution in [2.75, 3.05) is 58.9 Å². The van der Waals surface area contributed by atoms with Crippen LogP contribution in [-0.2, 0) is 11.2 Å². The predicted octanol–water partition coefficient (Wildman–Crippen LogP) is 2.31. The number of nitrogens with one attached hydrogen (secondary N) is 2. The number of rotatable bonds is 7. The number of carbonyl (C=O) groups is 1. The molecule has 3 heterocycles. The normalized spacial score (nSPS) is 18.2. The number of aryl methyl sites for hydroxylation is 1. The van der Waals surface area contributed by atoms with E-state index in [1.807, 2.05) is 4.90 Å². The first-order valence-electron chi connectivity index (χ1n) is 11.8. The molecule has 0 spiro atoms. The maximum atomic E-state index is 12.4. The molecular formula is C24H36N6O. The number of carbonyl (C=O) groups excluding carboxylic acids is 1. The Kier molecular flexibility index (Phi) is 7.46. The van der Waals surface area contributed by atoms with Crippen molar-refractivity contribution in [3.8, 4) is 0 Å². The summed E-state index contributed by atoms with van der Waals surface area (Å²) in [5.74, 6) is 1.30. The Morgan fingerprint density at radius 3 is 2.61 bits per heavy atom. The molecule has 7 nitrogen and oxygen atoms in total. The summed E-state index contributed by atoms with van der Waals surface area (Å²) in [5, 5.41) is 4.77. The molecule has 0 atom stereocenters. The molecule has 2 aromatic rings. The van der Waals surface area contributed by atoms with Crippen LogP contribution < -0.4 is 5.32 Å².